The lowest BCUT2D eigenvalue weighted by Crippen LogP contribution is -2.37. The van der Waals surface area contributed by atoms with Crippen molar-refractivity contribution in [3.63, 3.8) is 0 Å². The van der Waals surface area contributed by atoms with Crippen LogP contribution >= 0.6 is 12.4 Å². The molecule has 0 radical (unpaired) electrons. The second-order valence-corrected chi connectivity index (χ2v) is 4.01. The number of carbonyl (C=O) groups excluding carboxylic acids is 1. The summed E-state index contributed by atoms with van der Waals surface area (Å²) in [4.78, 5) is 11.8. The molecule has 1 saturated heterocycles. The van der Waals surface area contributed by atoms with Crippen molar-refractivity contribution < 1.29 is 9.18 Å². The van der Waals surface area contributed by atoms with Crippen molar-refractivity contribution in [1.82, 2.24) is 5.32 Å². The van der Waals surface area contributed by atoms with Gasteiger partial charge in [0.2, 0.25) is 5.91 Å². The van der Waals surface area contributed by atoms with Crippen LogP contribution in [-0.2, 0) is 4.79 Å². The molecule has 94 valence electrons. The van der Waals surface area contributed by atoms with Gasteiger partial charge in [-0.1, -0.05) is 12.1 Å². The van der Waals surface area contributed by atoms with Crippen molar-refractivity contribution in [2.75, 3.05) is 18.4 Å². The zero-order valence-electron chi connectivity index (χ0n) is 9.41. The summed E-state index contributed by atoms with van der Waals surface area (Å²) >= 11 is 0. The van der Waals surface area contributed by atoms with Crippen LogP contribution in [0.3, 0.4) is 0 Å². The van der Waals surface area contributed by atoms with Crippen LogP contribution in [0.5, 0.6) is 0 Å². The molecule has 1 aliphatic heterocycles. The maximum absolute atomic E-state index is 13.3. The number of rotatable bonds is 2. The smallest absolute Gasteiger partial charge is 0.228 e. The Kier molecular flexibility index (Phi) is 5.38. The molecule has 17 heavy (non-hydrogen) atoms. The minimum Gasteiger partial charge on any atom is -0.323 e. The summed E-state index contributed by atoms with van der Waals surface area (Å²) in [6.45, 7) is 1.64. The molecule has 0 aliphatic carbocycles. The molecule has 1 aromatic carbocycles. The van der Waals surface area contributed by atoms with Crippen LogP contribution in [0.2, 0.25) is 0 Å². The molecule has 1 aliphatic rings. The fourth-order valence-corrected chi connectivity index (χ4v) is 1.87. The van der Waals surface area contributed by atoms with E-state index in [1.807, 2.05) is 0 Å². The molecule has 2 N–H and O–H groups in total. The third-order valence-corrected chi connectivity index (χ3v) is 2.80. The average molecular weight is 259 g/mol. The molecule has 0 aromatic heterocycles. The van der Waals surface area contributed by atoms with Crippen molar-refractivity contribution in [3.8, 4) is 0 Å². The van der Waals surface area contributed by atoms with E-state index in [9.17, 15) is 9.18 Å². The largest absolute Gasteiger partial charge is 0.323 e. The number of hydrogen-bond acceptors (Lipinski definition) is 2. The standard InChI is InChI=1S/C12H15FN2O.ClH/c13-10-5-1-2-6-11(10)15-12(16)9-4-3-7-14-8-9;/h1-2,5-6,9,14H,3-4,7-8H2,(H,15,16);1H/t9-;/m1./s1. The second kappa shape index (κ2) is 6.57. The Morgan fingerprint density at radius 3 is 2.82 bits per heavy atom. The van der Waals surface area contributed by atoms with Gasteiger partial charge in [-0.2, -0.15) is 0 Å². The van der Waals surface area contributed by atoms with Crippen LogP contribution in [0.15, 0.2) is 24.3 Å². The van der Waals surface area contributed by atoms with Gasteiger partial charge >= 0.3 is 0 Å². The number of anilines is 1. The van der Waals surface area contributed by atoms with Gasteiger partial charge in [0.1, 0.15) is 5.82 Å². The van der Waals surface area contributed by atoms with Crippen molar-refractivity contribution in [3.05, 3.63) is 30.1 Å². The summed E-state index contributed by atoms with van der Waals surface area (Å²) in [5.41, 5.74) is 0.262. The summed E-state index contributed by atoms with van der Waals surface area (Å²) in [6, 6.07) is 6.23. The SMILES string of the molecule is Cl.O=C(Nc1ccccc1F)[C@@H]1CCCNC1. The molecule has 5 heteroatoms. The van der Waals surface area contributed by atoms with Gasteiger partial charge in [0.15, 0.2) is 0 Å². The Morgan fingerprint density at radius 2 is 2.18 bits per heavy atom. The zero-order chi connectivity index (χ0) is 11.4. The summed E-state index contributed by atoms with van der Waals surface area (Å²) in [6.07, 6.45) is 1.86. The molecular weight excluding hydrogens is 243 g/mol. The Labute approximate surface area is 106 Å². The third kappa shape index (κ3) is 3.68. The van der Waals surface area contributed by atoms with Gasteiger partial charge in [-0.3, -0.25) is 4.79 Å². The van der Waals surface area contributed by atoms with E-state index in [1.165, 1.54) is 6.07 Å². The summed E-state index contributed by atoms with van der Waals surface area (Å²) in [5, 5.41) is 5.79. The normalized spacial score (nSPS) is 19.2. The Balaban J connectivity index is 0.00000144. The number of nitrogens with one attached hydrogen (secondary N) is 2. The first kappa shape index (κ1) is 13.9. The van der Waals surface area contributed by atoms with Crippen LogP contribution < -0.4 is 10.6 Å². The Morgan fingerprint density at radius 1 is 1.41 bits per heavy atom. The second-order valence-electron chi connectivity index (χ2n) is 4.01. The van der Waals surface area contributed by atoms with Crippen molar-refractivity contribution >= 4 is 24.0 Å². The van der Waals surface area contributed by atoms with E-state index in [4.69, 9.17) is 0 Å². The number of para-hydroxylation sites is 1. The van der Waals surface area contributed by atoms with Crippen LogP contribution in [0.1, 0.15) is 12.8 Å². The number of hydrogen-bond donors (Lipinski definition) is 2. The van der Waals surface area contributed by atoms with Crippen molar-refractivity contribution in [2.24, 2.45) is 5.92 Å². The minimum atomic E-state index is -0.389. The average Bonchev–Trinajstić information content (AvgIpc) is 2.33. The molecule has 1 atom stereocenters. The van der Waals surface area contributed by atoms with E-state index in [2.05, 4.69) is 10.6 Å². The lowest BCUT2D eigenvalue weighted by Gasteiger charge is -2.21. The van der Waals surface area contributed by atoms with E-state index >= 15 is 0 Å². The Bertz CT molecular complexity index is 381. The molecule has 1 fully saturated rings. The maximum Gasteiger partial charge on any atom is 0.228 e. The van der Waals surface area contributed by atoms with Gasteiger partial charge < -0.3 is 10.6 Å². The number of piperidine rings is 1. The molecule has 1 amide bonds. The Hall–Kier alpha value is -1.13. The predicted molar refractivity (Wildman–Crippen MR) is 67.9 cm³/mol. The zero-order valence-corrected chi connectivity index (χ0v) is 10.2. The highest BCUT2D eigenvalue weighted by atomic mass is 35.5. The first-order valence-corrected chi connectivity index (χ1v) is 5.53. The van der Waals surface area contributed by atoms with Gasteiger partial charge in [0.25, 0.3) is 0 Å². The number of benzene rings is 1. The number of halogens is 2. The highest BCUT2D eigenvalue weighted by Crippen LogP contribution is 2.16. The molecule has 0 spiro atoms. The quantitative estimate of drug-likeness (QED) is 0.854. The van der Waals surface area contributed by atoms with Gasteiger partial charge in [0, 0.05) is 6.54 Å². The lowest BCUT2D eigenvalue weighted by molar-refractivity contribution is -0.120. The summed E-state index contributed by atoms with van der Waals surface area (Å²) in [7, 11) is 0. The van der Waals surface area contributed by atoms with Gasteiger partial charge in [-0.25, -0.2) is 4.39 Å². The van der Waals surface area contributed by atoms with Crippen LogP contribution in [0.4, 0.5) is 10.1 Å². The molecule has 3 nitrogen and oxygen atoms in total. The fourth-order valence-electron chi connectivity index (χ4n) is 1.87. The van der Waals surface area contributed by atoms with Crippen LogP contribution in [0.25, 0.3) is 0 Å². The van der Waals surface area contributed by atoms with Gasteiger partial charge in [-0.15, -0.1) is 12.4 Å². The monoisotopic (exact) mass is 258 g/mol. The molecular formula is C12H16ClFN2O. The minimum absolute atomic E-state index is 0. The molecule has 0 unspecified atom stereocenters. The molecule has 1 heterocycles. The topological polar surface area (TPSA) is 41.1 Å². The lowest BCUT2D eigenvalue weighted by atomic mass is 9.99. The first-order chi connectivity index (χ1) is 7.77. The summed E-state index contributed by atoms with van der Waals surface area (Å²) < 4.78 is 13.3. The predicted octanol–water partition coefficient (Wildman–Crippen LogP) is 2.19. The van der Waals surface area contributed by atoms with E-state index < -0.39 is 0 Å². The molecule has 1 aromatic rings. The van der Waals surface area contributed by atoms with Crippen LogP contribution in [-0.4, -0.2) is 19.0 Å². The third-order valence-electron chi connectivity index (χ3n) is 2.80. The molecule has 0 bridgehead atoms. The highest BCUT2D eigenvalue weighted by Gasteiger charge is 2.21. The fraction of sp³-hybridized carbons (Fsp3) is 0.417. The van der Waals surface area contributed by atoms with Crippen molar-refractivity contribution in [1.29, 1.82) is 0 Å². The van der Waals surface area contributed by atoms with Gasteiger partial charge in [-0.05, 0) is 31.5 Å². The number of carbonyl (C=O) groups is 1. The van der Waals surface area contributed by atoms with E-state index in [1.54, 1.807) is 18.2 Å². The maximum atomic E-state index is 13.3. The van der Waals surface area contributed by atoms with Gasteiger partial charge in [0.05, 0.1) is 11.6 Å². The number of amides is 1. The summed E-state index contributed by atoms with van der Waals surface area (Å²) in [5.74, 6) is -0.537. The first-order valence-electron chi connectivity index (χ1n) is 5.53. The van der Waals surface area contributed by atoms with Crippen LogP contribution in [0, 0.1) is 11.7 Å². The van der Waals surface area contributed by atoms with Crippen molar-refractivity contribution in [2.45, 2.75) is 12.8 Å². The van der Waals surface area contributed by atoms with E-state index in [0.29, 0.717) is 6.54 Å². The highest BCUT2D eigenvalue weighted by molar-refractivity contribution is 5.92. The molecule has 2 rings (SSSR count). The molecule has 0 saturated carbocycles. The van der Waals surface area contributed by atoms with E-state index in [0.717, 1.165) is 19.4 Å². The van der Waals surface area contributed by atoms with E-state index in [-0.39, 0.29) is 35.7 Å².